The van der Waals surface area contributed by atoms with Gasteiger partial charge in [-0.1, -0.05) is 29.3 Å². The van der Waals surface area contributed by atoms with Crippen molar-refractivity contribution in [3.63, 3.8) is 0 Å². The number of hydrogen-bond acceptors (Lipinski definition) is 24. The Morgan fingerprint density at radius 1 is 0.632 bits per heavy atom. The summed E-state index contributed by atoms with van der Waals surface area (Å²) < 4.78 is 40.9. The van der Waals surface area contributed by atoms with E-state index < -0.39 is 39.4 Å². The third-order valence-electron chi connectivity index (χ3n) is 9.30. The second-order valence-electron chi connectivity index (χ2n) is 16.7. The Hall–Kier alpha value is -5.10. The molecule has 4 unspecified atom stereocenters. The molecule has 0 spiro atoms. The zero-order chi connectivity index (χ0) is 50.0. The molecule has 0 aliphatic carbocycles. The quantitative estimate of drug-likeness (QED) is 0.00895. The van der Waals surface area contributed by atoms with E-state index in [1.807, 2.05) is 33.1 Å². The molecule has 376 valence electrons. The smallest absolute Gasteiger partial charge is 0.295 e. The highest BCUT2D eigenvalue weighted by Crippen LogP contribution is 2.32. The van der Waals surface area contributed by atoms with Gasteiger partial charge in [-0.3, -0.25) is 4.55 Å². The molecule has 68 heavy (non-hydrogen) atoms. The molecule has 4 rings (SSSR count). The Bertz CT molecular complexity index is 2310. The van der Waals surface area contributed by atoms with Gasteiger partial charge in [0, 0.05) is 55.5 Å². The number of hydrogen-bond donors (Lipinski definition) is 10. The van der Waals surface area contributed by atoms with E-state index in [1.165, 1.54) is 18.2 Å². The van der Waals surface area contributed by atoms with Crippen molar-refractivity contribution < 1.29 is 48.0 Å². The first-order valence-corrected chi connectivity index (χ1v) is 24.0. The maximum Gasteiger partial charge on any atom is 0.295 e. The Balaban J connectivity index is 1.68. The van der Waals surface area contributed by atoms with Gasteiger partial charge in [-0.2, -0.15) is 38.3 Å². The van der Waals surface area contributed by atoms with Crippen LogP contribution in [0.3, 0.4) is 0 Å². The third-order valence-corrected chi connectivity index (χ3v) is 10.9. The number of rotatable bonds is 30. The fourth-order valence-corrected chi connectivity index (χ4v) is 7.73. The predicted molar refractivity (Wildman–Crippen MR) is 263 cm³/mol. The topological polar surface area (TPSA) is 312 Å². The highest BCUT2D eigenvalue weighted by atomic mass is 32.2. The molecule has 0 saturated heterocycles. The van der Waals surface area contributed by atoms with Crippen molar-refractivity contribution in [1.82, 2.24) is 39.7 Å². The molecule has 0 aliphatic heterocycles. The van der Waals surface area contributed by atoms with E-state index in [9.17, 15) is 33.4 Å². The van der Waals surface area contributed by atoms with Crippen molar-refractivity contribution in [3.8, 4) is 0 Å². The van der Waals surface area contributed by atoms with E-state index in [0.29, 0.717) is 41.3 Å². The Labute approximate surface area is 401 Å². The van der Waals surface area contributed by atoms with E-state index in [0.717, 1.165) is 25.9 Å². The molecule has 24 nitrogen and oxygen atoms in total. The lowest BCUT2D eigenvalue weighted by atomic mass is 10.1. The minimum atomic E-state index is -4.81. The van der Waals surface area contributed by atoms with Crippen LogP contribution in [0.2, 0.25) is 0 Å². The van der Waals surface area contributed by atoms with Gasteiger partial charge in [-0.25, -0.2) is 5.26 Å². The van der Waals surface area contributed by atoms with Crippen molar-refractivity contribution in [1.29, 1.82) is 0 Å². The molecule has 2 aromatic carbocycles. The largest absolute Gasteiger partial charge is 0.392 e. The molecule has 26 heteroatoms. The van der Waals surface area contributed by atoms with Gasteiger partial charge in [0.05, 0.1) is 36.5 Å². The number of benzene rings is 2. The zero-order valence-electron chi connectivity index (χ0n) is 39.6. The van der Waals surface area contributed by atoms with Crippen molar-refractivity contribution >= 4 is 81.4 Å². The molecule has 0 amide bonds. The van der Waals surface area contributed by atoms with Crippen molar-refractivity contribution in [2.45, 2.75) is 74.7 Å². The maximum absolute atomic E-state index is 12.8. The number of aliphatic hydroxyl groups excluding tert-OH is 4. The number of nitrogens with one attached hydrogen (secondary N) is 4. The van der Waals surface area contributed by atoms with Gasteiger partial charge >= 0.3 is 0 Å². The molecular weight excluding hydrogens is 925 g/mol. The van der Waals surface area contributed by atoms with Crippen LogP contribution in [0, 0.1) is 0 Å². The molecule has 4 atom stereocenters. The average molecular weight is 991 g/mol. The summed E-state index contributed by atoms with van der Waals surface area (Å²) in [4.78, 5) is 34.5. The lowest BCUT2D eigenvalue weighted by molar-refractivity contribution is -0.432. The molecule has 0 aliphatic rings. The van der Waals surface area contributed by atoms with Crippen LogP contribution in [0.15, 0.2) is 46.2 Å². The molecule has 0 bridgehead atoms. The van der Waals surface area contributed by atoms with E-state index >= 15 is 0 Å². The van der Waals surface area contributed by atoms with Gasteiger partial charge in [0.2, 0.25) is 35.7 Å². The van der Waals surface area contributed by atoms with Crippen molar-refractivity contribution in [3.05, 3.63) is 47.5 Å². The molecule has 2 heterocycles. The summed E-state index contributed by atoms with van der Waals surface area (Å²) in [6, 6.07) is 9.24. The second-order valence-corrected chi connectivity index (χ2v) is 18.9. The first-order chi connectivity index (χ1) is 32.2. The fraction of sp³-hybridized carbons (Fsp3) is 0.524. The maximum atomic E-state index is 12.8. The van der Waals surface area contributed by atoms with E-state index in [1.54, 1.807) is 67.8 Å². The second kappa shape index (κ2) is 27.2. The monoisotopic (exact) mass is 990 g/mol. The van der Waals surface area contributed by atoms with E-state index in [2.05, 4.69) is 61.1 Å². The number of aliphatic hydroxyl groups is 4. The fourth-order valence-electron chi connectivity index (χ4n) is 6.51. The summed E-state index contributed by atoms with van der Waals surface area (Å²) >= 11 is 0.647. The summed E-state index contributed by atoms with van der Waals surface area (Å²) in [6.07, 6.45) is 1.51. The van der Waals surface area contributed by atoms with Crippen LogP contribution in [0.4, 0.5) is 47.1 Å². The standard InChI is InChI=1S/C42H66N14O10S2/c1-27(57)23-55(24-28(2)58)41-49-37(43-17-9-19-53(5)6)47-39(51-41)45-33-15-13-31(35(21-33)67-66-65-61)11-12-32-14-16-34(22-36(32)68(62,63)64)46-40-48-38(44-18-10-20-54(7)8)50-42(52-40)56(25-29(3)59)26-30(4)60/h11-16,21-22,27-30,57-61H,9-10,17-20,23-26H2,1-8H3,(H,62,63,64)(H2,43,45,47,49,51)(H2,44,46,48,50,52)/b12-11+. The van der Waals surface area contributed by atoms with E-state index in [4.69, 9.17) is 9.59 Å². The summed E-state index contributed by atoms with van der Waals surface area (Å²) in [5.41, 5.74) is 1.25. The lowest BCUT2D eigenvalue weighted by Gasteiger charge is -2.26. The first kappa shape index (κ1) is 55.5. The number of nitrogens with zero attached hydrogens (tertiary/aromatic N) is 10. The lowest BCUT2D eigenvalue weighted by Crippen LogP contribution is -2.37. The first-order valence-electron chi connectivity index (χ1n) is 21.8. The van der Waals surface area contributed by atoms with Crippen LogP contribution >= 0.6 is 12.0 Å². The Morgan fingerprint density at radius 3 is 1.46 bits per heavy atom. The molecule has 0 radical (unpaired) electrons. The van der Waals surface area contributed by atoms with E-state index in [-0.39, 0.29) is 73.1 Å². The Kier molecular flexibility index (Phi) is 22.2. The highest BCUT2D eigenvalue weighted by molar-refractivity contribution is 7.94. The summed E-state index contributed by atoms with van der Waals surface area (Å²) in [7, 11) is 3.06. The Morgan fingerprint density at radius 2 is 1.04 bits per heavy atom. The molecule has 2 aromatic heterocycles. The van der Waals surface area contributed by atoms with Gasteiger partial charge in [0.1, 0.15) is 4.90 Å². The van der Waals surface area contributed by atoms with Crippen LogP contribution in [0.5, 0.6) is 0 Å². The predicted octanol–water partition coefficient (Wildman–Crippen LogP) is 3.25. The third kappa shape index (κ3) is 19.5. The average Bonchev–Trinajstić information content (AvgIpc) is 3.24. The van der Waals surface area contributed by atoms with Crippen LogP contribution in [-0.2, 0) is 19.5 Å². The van der Waals surface area contributed by atoms with Gasteiger partial charge in [0.15, 0.2) is 0 Å². The summed E-state index contributed by atoms with van der Waals surface area (Å²) in [5.74, 6) is 0.981. The molecule has 10 N–H and O–H groups in total. The molecule has 0 fully saturated rings. The van der Waals surface area contributed by atoms with Crippen molar-refractivity contribution in [2.75, 3.05) is 112 Å². The van der Waals surface area contributed by atoms with Crippen LogP contribution in [-0.4, -0.2) is 183 Å². The van der Waals surface area contributed by atoms with Gasteiger partial charge in [-0.15, -0.1) is 4.33 Å². The van der Waals surface area contributed by atoms with Gasteiger partial charge in [0.25, 0.3) is 10.1 Å². The van der Waals surface area contributed by atoms with Gasteiger partial charge in [-0.05, 0) is 117 Å². The van der Waals surface area contributed by atoms with Crippen LogP contribution in [0.25, 0.3) is 12.2 Å². The van der Waals surface area contributed by atoms with Gasteiger partial charge < -0.3 is 61.3 Å². The number of aromatic nitrogens is 6. The molecule has 4 aromatic rings. The summed E-state index contributed by atoms with van der Waals surface area (Å²) in [6.45, 7) is 9.62. The minimum absolute atomic E-state index is 0.0232. The molecule has 0 saturated carbocycles. The summed E-state index contributed by atoms with van der Waals surface area (Å²) in [5, 5.41) is 66.4. The van der Waals surface area contributed by atoms with Crippen LogP contribution < -0.4 is 31.1 Å². The zero-order valence-corrected chi connectivity index (χ0v) is 41.2. The minimum Gasteiger partial charge on any atom is -0.392 e. The normalized spacial score (nSPS) is 13.7. The SMILES string of the molecule is CC(O)CN(CC(C)O)c1nc(NCCCN(C)C)nc(Nc2ccc(/C=C/c3ccc(Nc4nc(NCCCN(C)C)nc(N(CC(C)O)CC(C)O)n4)cc3S(=O)(=O)O)c(SOOO)c2)n1. The highest BCUT2D eigenvalue weighted by Gasteiger charge is 2.21. The number of anilines is 8. The molecular formula is C42H66N14O10S2. The van der Waals surface area contributed by atoms with Crippen molar-refractivity contribution in [2.24, 2.45) is 0 Å². The van der Waals surface area contributed by atoms with Crippen LogP contribution in [0.1, 0.15) is 51.7 Å².